The molecule has 2 fully saturated rings. The highest BCUT2D eigenvalue weighted by Crippen LogP contribution is 2.33. The van der Waals surface area contributed by atoms with Gasteiger partial charge < -0.3 is 14.6 Å². The van der Waals surface area contributed by atoms with Crippen molar-refractivity contribution in [3.63, 3.8) is 0 Å². The van der Waals surface area contributed by atoms with E-state index in [1.807, 2.05) is 36.1 Å². The lowest BCUT2D eigenvalue weighted by molar-refractivity contribution is 0.0704. The maximum atomic E-state index is 13.6. The van der Waals surface area contributed by atoms with Gasteiger partial charge in [-0.15, -0.1) is 0 Å². The summed E-state index contributed by atoms with van der Waals surface area (Å²) < 4.78 is 34.1. The lowest BCUT2D eigenvalue weighted by atomic mass is 9.96. The molecule has 0 radical (unpaired) electrons. The number of benzene rings is 2. The zero-order valence-electron chi connectivity index (χ0n) is 20.2. The van der Waals surface area contributed by atoms with E-state index in [2.05, 4.69) is 4.98 Å². The van der Waals surface area contributed by atoms with E-state index in [4.69, 9.17) is 9.72 Å². The Morgan fingerprint density at radius 3 is 2.69 bits per heavy atom. The Morgan fingerprint density at radius 1 is 1.09 bits per heavy atom. The van der Waals surface area contributed by atoms with Gasteiger partial charge in [-0.1, -0.05) is 18.6 Å². The van der Waals surface area contributed by atoms with Crippen LogP contribution in [0.3, 0.4) is 0 Å². The number of piperidine rings is 2. The van der Waals surface area contributed by atoms with Gasteiger partial charge in [-0.2, -0.15) is 4.31 Å². The molecule has 0 unspecified atom stereocenters. The molecule has 5 rings (SSSR count). The zero-order chi connectivity index (χ0) is 24.6. The van der Waals surface area contributed by atoms with Crippen LogP contribution in [0.4, 0.5) is 0 Å². The molecule has 1 aromatic heterocycles. The van der Waals surface area contributed by atoms with Gasteiger partial charge in [0.05, 0.1) is 18.1 Å². The van der Waals surface area contributed by atoms with Crippen LogP contribution in [0.2, 0.25) is 0 Å². The van der Waals surface area contributed by atoms with Gasteiger partial charge >= 0.3 is 0 Å². The summed E-state index contributed by atoms with van der Waals surface area (Å²) in [7, 11) is -2.33. The first-order valence-electron chi connectivity index (χ1n) is 12.3. The molecule has 0 saturated carbocycles. The number of aromatic nitrogens is 2. The van der Waals surface area contributed by atoms with E-state index in [0.29, 0.717) is 25.2 Å². The van der Waals surface area contributed by atoms with Crippen LogP contribution in [0.5, 0.6) is 5.75 Å². The second-order valence-electron chi connectivity index (χ2n) is 9.56. The van der Waals surface area contributed by atoms with Crippen LogP contribution >= 0.6 is 0 Å². The molecule has 2 aromatic carbocycles. The summed E-state index contributed by atoms with van der Waals surface area (Å²) in [5.74, 6) is 1.09. The van der Waals surface area contributed by atoms with Crippen molar-refractivity contribution in [3.8, 4) is 5.75 Å². The first kappa shape index (κ1) is 23.8. The summed E-state index contributed by atoms with van der Waals surface area (Å²) in [5, 5.41) is 0. The third-order valence-electron chi connectivity index (χ3n) is 7.24. The van der Waals surface area contributed by atoms with Crippen LogP contribution in [0, 0.1) is 0 Å². The number of likely N-dealkylation sites (tertiary alicyclic amines) is 1. The molecule has 2 aliphatic heterocycles. The Kier molecular flexibility index (Phi) is 6.55. The highest BCUT2D eigenvalue weighted by atomic mass is 32.2. The zero-order valence-corrected chi connectivity index (χ0v) is 21.1. The van der Waals surface area contributed by atoms with E-state index < -0.39 is 10.0 Å². The normalized spacial score (nSPS) is 21.8. The van der Waals surface area contributed by atoms with Crippen molar-refractivity contribution < 1.29 is 17.9 Å². The first-order chi connectivity index (χ1) is 16.9. The molecular formula is C26H32N4O4S. The third-order valence-corrected chi connectivity index (χ3v) is 9.28. The number of carbonyl (C=O) groups excluding carboxylic acids is 1. The second-order valence-corrected chi connectivity index (χ2v) is 11.4. The summed E-state index contributed by atoms with van der Waals surface area (Å²) in [6.45, 7) is 3.59. The minimum Gasteiger partial charge on any atom is -0.495 e. The molecule has 3 aromatic rings. The number of para-hydroxylation sites is 2. The highest BCUT2D eigenvalue weighted by molar-refractivity contribution is 7.89. The SMILES string of the molecule is COc1ccc(C(=O)N2CCC[C@H](c3nc4ccccc4[nH]3)C2)cc1S(=O)(=O)N1CCCC[C@H]1C. The van der Waals surface area contributed by atoms with Gasteiger partial charge in [0.2, 0.25) is 10.0 Å². The van der Waals surface area contributed by atoms with Crippen LogP contribution in [0.25, 0.3) is 11.0 Å². The molecule has 1 amide bonds. The summed E-state index contributed by atoms with van der Waals surface area (Å²) in [6, 6.07) is 12.6. The van der Waals surface area contributed by atoms with Crippen LogP contribution in [-0.2, 0) is 10.0 Å². The summed E-state index contributed by atoms with van der Waals surface area (Å²) >= 11 is 0. The molecule has 8 nitrogen and oxygen atoms in total. The van der Waals surface area contributed by atoms with E-state index in [9.17, 15) is 13.2 Å². The van der Waals surface area contributed by atoms with Crippen LogP contribution in [0.1, 0.15) is 61.1 Å². The first-order valence-corrected chi connectivity index (χ1v) is 13.8. The number of methoxy groups -OCH3 is 1. The molecule has 9 heteroatoms. The Bertz CT molecular complexity index is 1300. The number of hydrogen-bond donors (Lipinski definition) is 1. The standard InChI is InChI=1S/C26H32N4O4S/c1-18-8-5-6-15-30(18)35(32,33)24-16-19(12-13-23(24)34-2)26(31)29-14-7-9-20(17-29)25-27-21-10-3-4-11-22(21)28-25/h3-4,10-13,16,18,20H,5-9,14-15,17H2,1-2H3,(H,27,28)/t18-,20+/m1/s1. The minimum atomic E-state index is -3.79. The number of rotatable bonds is 5. The lowest BCUT2D eigenvalue weighted by Gasteiger charge is -2.33. The predicted molar refractivity (Wildman–Crippen MR) is 134 cm³/mol. The van der Waals surface area contributed by atoms with E-state index in [1.165, 1.54) is 13.2 Å². The van der Waals surface area contributed by atoms with E-state index in [0.717, 1.165) is 49.0 Å². The maximum Gasteiger partial charge on any atom is 0.253 e. The average Bonchev–Trinajstić information content (AvgIpc) is 3.32. The quantitative estimate of drug-likeness (QED) is 0.572. The highest BCUT2D eigenvalue weighted by Gasteiger charge is 2.34. The van der Waals surface area contributed by atoms with Crippen molar-refractivity contribution in [1.29, 1.82) is 0 Å². The third kappa shape index (κ3) is 4.54. The molecular weight excluding hydrogens is 464 g/mol. The molecule has 0 aliphatic carbocycles. The van der Waals surface area contributed by atoms with Crippen molar-refractivity contribution >= 4 is 27.0 Å². The van der Waals surface area contributed by atoms with Gasteiger partial charge in [-0.05, 0) is 62.9 Å². The van der Waals surface area contributed by atoms with Crippen molar-refractivity contribution in [2.75, 3.05) is 26.7 Å². The minimum absolute atomic E-state index is 0.0606. The monoisotopic (exact) mass is 496 g/mol. The smallest absolute Gasteiger partial charge is 0.253 e. The number of nitrogens with zero attached hydrogens (tertiary/aromatic N) is 3. The molecule has 3 heterocycles. The Hall–Kier alpha value is -2.91. The summed E-state index contributed by atoms with van der Waals surface area (Å²) in [6.07, 6.45) is 4.49. The number of hydrogen-bond acceptors (Lipinski definition) is 5. The second kappa shape index (κ2) is 9.62. The van der Waals surface area contributed by atoms with Crippen LogP contribution in [-0.4, -0.2) is 66.3 Å². The molecule has 2 aliphatic rings. The number of amides is 1. The molecule has 2 saturated heterocycles. The number of fused-ring (bicyclic) bond motifs is 1. The van der Waals surface area contributed by atoms with Gasteiger partial charge in [-0.25, -0.2) is 13.4 Å². The number of H-pyrrole nitrogens is 1. The molecule has 1 N–H and O–H groups in total. The van der Waals surface area contributed by atoms with Gasteiger partial charge in [-0.3, -0.25) is 4.79 Å². The van der Waals surface area contributed by atoms with E-state index >= 15 is 0 Å². The van der Waals surface area contributed by atoms with Crippen LogP contribution in [0.15, 0.2) is 47.4 Å². The van der Waals surface area contributed by atoms with E-state index in [1.54, 1.807) is 16.4 Å². The average molecular weight is 497 g/mol. The maximum absolute atomic E-state index is 13.6. The van der Waals surface area contributed by atoms with Gasteiger partial charge in [0, 0.05) is 37.2 Å². The number of sulfonamides is 1. The molecule has 186 valence electrons. The predicted octanol–water partition coefficient (Wildman–Crippen LogP) is 4.15. The topological polar surface area (TPSA) is 95.6 Å². The van der Waals surface area contributed by atoms with Gasteiger partial charge in [0.15, 0.2) is 0 Å². The fraction of sp³-hybridized carbons (Fsp3) is 0.462. The fourth-order valence-corrected chi connectivity index (χ4v) is 7.18. The fourth-order valence-electron chi connectivity index (χ4n) is 5.30. The molecule has 35 heavy (non-hydrogen) atoms. The molecule has 0 spiro atoms. The largest absolute Gasteiger partial charge is 0.495 e. The van der Waals surface area contributed by atoms with Gasteiger partial charge in [0.25, 0.3) is 5.91 Å². The molecule has 0 bridgehead atoms. The lowest BCUT2D eigenvalue weighted by Crippen LogP contribution is -2.42. The molecule has 2 atom stereocenters. The summed E-state index contributed by atoms with van der Waals surface area (Å²) in [4.78, 5) is 23.5. The Balaban J connectivity index is 1.41. The van der Waals surface area contributed by atoms with Crippen LogP contribution < -0.4 is 4.74 Å². The van der Waals surface area contributed by atoms with Crippen molar-refractivity contribution in [3.05, 3.63) is 53.9 Å². The van der Waals surface area contributed by atoms with Crippen molar-refractivity contribution in [2.24, 2.45) is 0 Å². The Morgan fingerprint density at radius 2 is 1.91 bits per heavy atom. The van der Waals surface area contributed by atoms with Crippen molar-refractivity contribution in [1.82, 2.24) is 19.2 Å². The number of ether oxygens (including phenoxy) is 1. The van der Waals surface area contributed by atoms with Crippen molar-refractivity contribution in [2.45, 2.75) is 55.9 Å². The summed E-state index contributed by atoms with van der Waals surface area (Å²) in [5.41, 5.74) is 2.27. The Labute approximate surface area is 206 Å². The van der Waals surface area contributed by atoms with Gasteiger partial charge in [0.1, 0.15) is 16.5 Å². The number of carbonyl (C=O) groups is 1. The number of nitrogens with one attached hydrogen (secondary N) is 1. The number of imidazole rings is 1. The van der Waals surface area contributed by atoms with E-state index in [-0.39, 0.29) is 28.5 Å². The number of aromatic amines is 1.